The van der Waals surface area contributed by atoms with Crippen LogP contribution >= 0.6 is 12.2 Å². The normalized spacial score (nSPS) is 12.8. The Balaban J connectivity index is 3.72. The van der Waals surface area contributed by atoms with Gasteiger partial charge in [-0.3, -0.25) is 0 Å². The average Bonchev–Trinajstić information content (AvgIpc) is 1.99. The summed E-state index contributed by atoms with van der Waals surface area (Å²) >= 11 is 4.55. The van der Waals surface area contributed by atoms with Crippen molar-refractivity contribution in [2.45, 2.75) is 19.1 Å². The van der Waals surface area contributed by atoms with Gasteiger partial charge >= 0.3 is 6.18 Å². The van der Waals surface area contributed by atoms with Crippen LogP contribution in [0.25, 0.3) is 0 Å². The van der Waals surface area contributed by atoms with E-state index >= 15 is 0 Å². The summed E-state index contributed by atoms with van der Waals surface area (Å²) in [5.41, 5.74) is 0. The summed E-state index contributed by atoms with van der Waals surface area (Å²) in [7, 11) is 0. The molecule has 0 saturated heterocycles. The van der Waals surface area contributed by atoms with Crippen LogP contribution in [0, 0.1) is 12.3 Å². The van der Waals surface area contributed by atoms with Gasteiger partial charge in [-0.15, -0.1) is 6.42 Å². The zero-order valence-corrected chi connectivity index (χ0v) is 7.72. The zero-order chi connectivity index (χ0) is 10.5. The van der Waals surface area contributed by atoms with Gasteiger partial charge < -0.3 is 10.6 Å². The minimum atomic E-state index is -4.27. The van der Waals surface area contributed by atoms with E-state index in [-0.39, 0.29) is 11.2 Å². The van der Waals surface area contributed by atoms with Crippen LogP contribution in [-0.4, -0.2) is 23.9 Å². The third-order valence-corrected chi connectivity index (χ3v) is 1.31. The molecule has 0 aliphatic heterocycles. The first-order valence-corrected chi connectivity index (χ1v) is 3.83. The van der Waals surface area contributed by atoms with E-state index in [0.29, 0.717) is 0 Å². The van der Waals surface area contributed by atoms with Crippen LogP contribution < -0.4 is 10.6 Å². The maximum absolute atomic E-state index is 11.6. The number of hydrogen-bond donors (Lipinski definition) is 2. The van der Waals surface area contributed by atoms with Crippen molar-refractivity contribution in [3.8, 4) is 12.3 Å². The van der Waals surface area contributed by atoms with Gasteiger partial charge in [0.05, 0.1) is 6.04 Å². The molecule has 0 radical (unpaired) electrons. The summed E-state index contributed by atoms with van der Waals surface area (Å²) in [6, 6.07) is -0.381. The van der Waals surface area contributed by atoms with Gasteiger partial charge in [0, 0.05) is 0 Å². The maximum Gasteiger partial charge on any atom is 0.405 e. The molecule has 0 rings (SSSR count). The summed E-state index contributed by atoms with van der Waals surface area (Å²) < 4.78 is 34.9. The highest BCUT2D eigenvalue weighted by molar-refractivity contribution is 7.80. The van der Waals surface area contributed by atoms with E-state index < -0.39 is 12.7 Å². The van der Waals surface area contributed by atoms with Gasteiger partial charge in [0.2, 0.25) is 0 Å². The van der Waals surface area contributed by atoms with Crippen molar-refractivity contribution in [1.29, 1.82) is 0 Å². The van der Waals surface area contributed by atoms with Gasteiger partial charge in [0.1, 0.15) is 6.54 Å². The lowest BCUT2D eigenvalue weighted by molar-refractivity contribution is -0.122. The maximum atomic E-state index is 11.6. The summed E-state index contributed by atoms with van der Waals surface area (Å²) in [6.07, 6.45) is 0.707. The molecule has 2 nitrogen and oxygen atoms in total. The smallest absolute Gasteiger partial charge is 0.354 e. The van der Waals surface area contributed by atoms with E-state index in [1.54, 1.807) is 6.92 Å². The van der Waals surface area contributed by atoms with Gasteiger partial charge in [0.15, 0.2) is 5.11 Å². The van der Waals surface area contributed by atoms with Crippen LogP contribution in [0.2, 0.25) is 0 Å². The summed E-state index contributed by atoms with van der Waals surface area (Å²) in [6.45, 7) is 0.456. The molecule has 1 unspecified atom stereocenters. The van der Waals surface area contributed by atoms with E-state index in [2.05, 4.69) is 23.5 Å². The number of thiocarbonyl (C=S) groups is 1. The number of halogens is 3. The first-order valence-electron chi connectivity index (χ1n) is 3.42. The SMILES string of the molecule is C#CC(C)NC(=S)NCC(F)(F)F. The molecule has 0 amide bonds. The number of rotatable bonds is 2. The van der Waals surface area contributed by atoms with Crippen molar-refractivity contribution in [2.24, 2.45) is 0 Å². The molecule has 0 fully saturated rings. The molecule has 0 spiro atoms. The second-order valence-corrected chi connectivity index (χ2v) is 2.74. The van der Waals surface area contributed by atoms with Gasteiger partial charge in [-0.1, -0.05) is 5.92 Å². The zero-order valence-electron chi connectivity index (χ0n) is 6.90. The quantitative estimate of drug-likeness (QED) is 0.526. The van der Waals surface area contributed by atoms with E-state index in [1.165, 1.54) is 0 Å². The molecule has 0 aromatic carbocycles. The minimum absolute atomic E-state index is 0.0947. The molecule has 0 aromatic rings. The van der Waals surface area contributed by atoms with Crippen molar-refractivity contribution < 1.29 is 13.2 Å². The van der Waals surface area contributed by atoms with Gasteiger partial charge in [-0.25, -0.2) is 0 Å². The van der Waals surface area contributed by atoms with Crippen molar-refractivity contribution >= 4 is 17.3 Å². The Morgan fingerprint density at radius 1 is 1.62 bits per heavy atom. The average molecular weight is 210 g/mol. The van der Waals surface area contributed by atoms with Crippen LogP contribution in [0.4, 0.5) is 13.2 Å². The number of hydrogen-bond acceptors (Lipinski definition) is 1. The Kier molecular flexibility index (Phi) is 4.56. The summed E-state index contributed by atoms with van der Waals surface area (Å²) in [4.78, 5) is 0. The highest BCUT2D eigenvalue weighted by Crippen LogP contribution is 2.11. The Morgan fingerprint density at radius 3 is 2.54 bits per heavy atom. The van der Waals surface area contributed by atoms with Crippen LogP contribution in [0.15, 0.2) is 0 Å². The van der Waals surface area contributed by atoms with E-state index in [4.69, 9.17) is 6.42 Å². The molecule has 6 heteroatoms. The highest BCUT2D eigenvalue weighted by Gasteiger charge is 2.26. The molecular weight excluding hydrogens is 201 g/mol. The predicted octanol–water partition coefficient (Wildman–Crippen LogP) is 1.03. The molecular formula is C7H9F3N2S. The standard InChI is InChI=1S/C7H9F3N2S/c1-3-5(2)12-6(13)11-4-7(8,9)10/h1,5H,4H2,2H3,(H2,11,12,13). The molecule has 2 N–H and O–H groups in total. The van der Waals surface area contributed by atoms with Crippen molar-refractivity contribution in [1.82, 2.24) is 10.6 Å². The van der Waals surface area contributed by atoms with Crippen LogP contribution in [0.3, 0.4) is 0 Å². The Labute approximate surface area is 79.9 Å². The largest absolute Gasteiger partial charge is 0.405 e. The van der Waals surface area contributed by atoms with Gasteiger partial charge in [-0.05, 0) is 19.1 Å². The highest BCUT2D eigenvalue weighted by atomic mass is 32.1. The van der Waals surface area contributed by atoms with E-state index in [0.717, 1.165) is 0 Å². The lowest BCUT2D eigenvalue weighted by Gasteiger charge is -2.13. The number of terminal acetylenes is 1. The third-order valence-electron chi connectivity index (χ3n) is 1.05. The fraction of sp³-hybridized carbons (Fsp3) is 0.571. The molecule has 0 saturated carbocycles. The molecule has 13 heavy (non-hydrogen) atoms. The van der Waals surface area contributed by atoms with Gasteiger partial charge in [0.25, 0.3) is 0 Å². The fourth-order valence-electron chi connectivity index (χ4n) is 0.470. The molecule has 0 bridgehead atoms. The Hall–Kier alpha value is -0.960. The van der Waals surface area contributed by atoms with Gasteiger partial charge in [-0.2, -0.15) is 13.2 Å². The molecule has 74 valence electrons. The second kappa shape index (κ2) is 4.92. The number of alkyl halides is 3. The minimum Gasteiger partial charge on any atom is -0.354 e. The van der Waals surface area contributed by atoms with Crippen LogP contribution in [0.5, 0.6) is 0 Å². The van der Waals surface area contributed by atoms with Crippen LogP contribution in [-0.2, 0) is 0 Å². The fourth-order valence-corrected chi connectivity index (χ4v) is 0.719. The Bertz CT molecular complexity index is 219. The lowest BCUT2D eigenvalue weighted by atomic mass is 10.4. The Morgan fingerprint density at radius 2 is 2.15 bits per heavy atom. The second-order valence-electron chi connectivity index (χ2n) is 2.33. The van der Waals surface area contributed by atoms with Crippen molar-refractivity contribution in [3.63, 3.8) is 0 Å². The van der Waals surface area contributed by atoms with E-state index in [1.807, 2.05) is 5.32 Å². The topological polar surface area (TPSA) is 24.1 Å². The lowest BCUT2D eigenvalue weighted by Crippen LogP contribution is -2.43. The van der Waals surface area contributed by atoms with Crippen molar-refractivity contribution in [2.75, 3.05) is 6.54 Å². The molecule has 0 heterocycles. The first-order chi connectivity index (χ1) is 5.85. The predicted molar refractivity (Wildman–Crippen MR) is 48.1 cm³/mol. The monoisotopic (exact) mass is 210 g/mol. The van der Waals surface area contributed by atoms with Crippen LogP contribution in [0.1, 0.15) is 6.92 Å². The summed E-state index contributed by atoms with van der Waals surface area (Å²) in [5.74, 6) is 2.27. The van der Waals surface area contributed by atoms with Crippen molar-refractivity contribution in [3.05, 3.63) is 0 Å². The third kappa shape index (κ3) is 7.40. The summed E-state index contributed by atoms with van der Waals surface area (Å²) in [5, 5.41) is 4.38. The molecule has 0 aliphatic carbocycles. The van der Waals surface area contributed by atoms with E-state index in [9.17, 15) is 13.2 Å². The molecule has 0 aliphatic rings. The molecule has 1 atom stereocenters. The number of nitrogens with one attached hydrogen (secondary N) is 2. The molecule has 0 aromatic heterocycles. The first kappa shape index (κ1) is 12.0.